The summed E-state index contributed by atoms with van der Waals surface area (Å²) in [6, 6.07) is -0.759. The first-order valence-electron chi connectivity index (χ1n) is 26.6. The van der Waals surface area contributed by atoms with E-state index in [0.717, 1.165) is 32.1 Å². The number of amides is 1. The van der Waals surface area contributed by atoms with E-state index in [0.29, 0.717) is 6.42 Å². The van der Waals surface area contributed by atoms with Gasteiger partial charge in [0.15, 0.2) is 0 Å². The minimum Gasteiger partial charge on any atom is -0.394 e. The highest BCUT2D eigenvalue weighted by Gasteiger charge is 2.20. The monoisotopic (exact) mass is 832 g/mol. The summed E-state index contributed by atoms with van der Waals surface area (Å²) in [6.45, 7) is 4.24. The fourth-order valence-electron chi connectivity index (χ4n) is 8.42. The highest BCUT2D eigenvalue weighted by molar-refractivity contribution is 5.76. The Balaban J connectivity index is 3.60. The van der Waals surface area contributed by atoms with Crippen LogP contribution in [0.3, 0.4) is 0 Å². The zero-order chi connectivity index (χ0) is 43.0. The van der Waals surface area contributed by atoms with E-state index in [1.807, 2.05) is 6.08 Å². The summed E-state index contributed by atoms with van der Waals surface area (Å²) < 4.78 is 0. The van der Waals surface area contributed by atoms with Crippen LogP contribution < -0.4 is 5.32 Å². The third kappa shape index (κ3) is 46.2. The van der Waals surface area contributed by atoms with Crippen LogP contribution in [0.1, 0.15) is 290 Å². The molecule has 0 heterocycles. The van der Waals surface area contributed by atoms with E-state index in [2.05, 4.69) is 31.3 Å². The van der Waals surface area contributed by atoms with Gasteiger partial charge in [0.05, 0.1) is 31.3 Å². The van der Waals surface area contributed by atoms with Gasteiger partial charge in [-0.3, -0.25) is 4.79 Å². The standard InChI is InChI=1S/C54H105NO4/c1-3-5-7-9-11-13-15-17-19-21-23-25-27-29-31-33-35-37-39-41-43-45-47-51(57)49-54(59)55-52(50-56)53(58)48-46-44-42-40-38-36-34-32-30-28-26-24-22-20-18-16-14-12-10-8-6-4-2/h38,40,46,48,51-53,56-58H,3-37,39,41-45,47,49-50H2,1-2H3,(H,55,59)/b40-38+,48-46+. The summed E-state index contributed by atoms with van der Waals surface area (Å²) >= 11 is 0. The molecule has 0 aliphatic rings. The molecule has 0 radical (unpaired) electrons. The Hall–Kier alpha value is -1.17. The minimum absolute atomic E-state index is 0.0103. The molecule has 5 nitrogen and oxygen atoms in total. The van der Waals surface area contributed by atoms with E-state index in [4.69, 9.17) is 0 Å². The summed E-state index contributed by atoms with van der Waals surface area (Å²) in [7, 11) is 0. The molecule has 0 fully saturated rings. The number of hydrogen-bond donors (Lipinski definition) is 4. The van der Waals surface area contributed by atoms with Gasteiger partial charge in [0.25, 0.3) is 0 Å². The minimum atomic E-state index is -0.950. The number of allylic oxidation sites excluding steroid dienone is 3. The van der Waals surface area contributed by atoms with Gasteiger partial charge < -0.3 is 20.6 Å². The number of carbonyl (C=O) groups excluding carboxylic acids is 1. The molecule has 0 rings (SSSR count). The zero-order valence-electron chi connectivity index (χ0n) is 39.9. The number of carbonyl (C=O) groups is 1. The lowest BCUT2D eigenvalue weighted by atomic mass is 10.0. The fraction of sp³-hybridized carbons (Fsp3) is 0.907. The molecule has 1 amide bonds. The van der Waals surface area contributed by atoms with Gasteiger partial charge in [-0.25, -0.2) is 0 Å². The number of unbranched alkanes of at least 4 members (excludes halogenated alkanes) is 38. The van der Waals surface area contributed by atoms with Crippen LogP contribution in [0.25, 0.3) is 0 Å². The molecule has 0 bridgehead atoms. The van der Waals surface area contributed by atoms with Crippen LogP contribution in [0.4, 0.5) is 0 Å². The van der Waals surface area contributed by atoms with Crippen molar-refractivity contribution in [3.8, 4) is 0 Å². The van der Waals surface area contributed by atoms with Crippen molar-refractivity contribution in [2.45, 2.75) is 308 Å². The van der Waals surface area contributed by atoms with Crippen LogP contribution in [0.5, 0.6) is 0 Å². The molecular formula is C54H105NO4. The van der Waals surface area contributed by atoms with E-state index >= 15 is 0 Å². The largest absolute Gasteiger partial charge is 0.394 e. The Bertz CT molecular complexity index is 874. The predicted octanol–water partition coefficient (Wildman–Crippen LogP) is 16.1. The molecule has 3 atom stereocenters. The summed E-state index contributed by atoms with van der Waals surface area (Å²) in [5.41, 5.74) is 0. The highest BCUT2D eigenvalue weighted by Crippen LogP contribution is 2.17. The van der Waals surface area contributed by atoms with Crippen LogP contribution in [-0.4, -0.2) is 46.1 Å². The van der Waals surface area contributed by atoms with Crippen molar-refractivity contribution in [2.75, 3.05) is 6.61 Å². The van der Waals surface area contributed by atoms with Crippen molar-refractivity contribution >= 4 is 5.91 Å². The molecule has 0 saturated heterocycles. The molecule has 0 aromatic rings. The number of aliphatic hydroxyl groups excluding tert-OH is 3. The number of rotatable bonds is 49. The Labute approximate surface area is 369 Å². The van der Waals surface area contributed by atoms with Gasteiger partial charge in [-0.05, 0) is 32.1 Å². The second-order valence-electron chi connectivity index (χ2n) is 18.5. The first kappa shape index (κ1) is 57.8. The molecule has 0 aliphatic heterocycles. The molecule has 4 N–H and O–H groups in total. The Morgan fingerprint density at radius 3 is 1.08 bits per heavy atom. The average molecular weight is 832 g/mol. The van der Waals surface area contributed by atoms with Crippen molar-refractivity contribution in [3.05, 3.63) is 24.3 Å². The summed E-state index contributed by atoms with van der Waals surface area (Å²) in [4.78, 5) is 12.5. The maximum Gasteiger partial charge on any atom is 0.222 e. The van der Waals surface area contributed by atoms with E-state index in [9.17, 15) is 20.1 Å². The van der Waals surface area contributed by atoms with Gasteiger partial charge in [-0.2, -0.15) is 0 Å². The quantitative estimate of drug-likeness (QED) is 0.0363. The summed E-state index contributed by atoms with van der Waals surface area (Å²) in [5, 5.41) is 33.4. The molecule has 0 aromatic carbocycles. The molecule has 59 heavy (non-hydrogen) atoms. The summed E-state index contributed by atoms with van der Waals surface area (Å²) in [6.07, 6.45) is 62.1. The van der Waals surface area contributed by atoms with Crippen LogP contribution in [0.15, 0.2) is 24.3 Å². The maximum absolute atomic E-state index is 12.5. The molecular weight excluding hydrogens is 727 g/mol. The van der Waals surface area contributed by atoms with Crippen molar-refractivity contribution in [3.63, 3.8) is 0 Å². The second kappa shape index (κ2) is 49.5. The van der Waals surface area contributed by atoms with E-state index < -0.39 is 18.2 Å². The van der Waals surface area contributed by atoms with Gasteiger partial charge in [0, 0.05) is 0 Å². The van der Waals surface area contributed by atoms with Gasteiger partial charge in [-0.15, -0.1) is 0 Å². The van der Waals surface area contributed by atoms with E-state index in [1.54, 1.807) is 6.08 Å². The maximum atomic E-state index is 12.5. The first-order valence-corrected chi connectivity index (χ1v) is 26.6. The summed E-state index contributed by atoms with van der Waals surface area (Å²) in [5.74, 6) is -0.320. The SMILES string of the molecule is CCCCCCCCCCCCCCCCCC/C=C/CC/C=C/C(O)C(CO)NC(=O)CC(O)CCCCCCCCCCCCCCCCCCCCCCCC. The van der Waals surface area contributed by atoms with E-state index in [1.165, 1.54) is 231 Å². The van der Waals surface area contributed by atoms with Gasteiger partial charge in [0.2, 0.25) is 5.91 Å². The van der Waals surface area contributed by atoms with Crippen LogP contribution >= 0.6 is 0 Å². The third-order valence-electron chi connectivity index (χ3n) is 12.5. The lowest BCUT2D eigenvalue weighted by Gasteiger charge is -2.21. The van der Waals surface area contributed by atoms with E-state index in [-0.39, 0.29) is 18.9 Å². The average Bonchev–Trinajstić information content (AvgIpc) is 3.23. The van der Waals surface area contributed by atoms with Crippen LogP contribution in [0.2, 0.25) is 0 Å². The Kier molecular flexibility index (Phi) is 48.5. The van der Waals surface area contributed by atoms with Crippen molar-refractivity contribution in [2.24, 2.45) is 0 Å². The van der Waals surface area contributed by atoms with Crippen molar-refractivity contribution in [1.82, 2.24) is 5.32 Å². The lowest BCUT2D eigenvalue weighted by molar-refractivity contribution is -0.124. The Morgan fingerprint density at radius 1 is 0.424 bits per heavy atom. The molecule has 0 aromatic heterocycles. The highest BCUT2D eigenvalue weighted by atomic mass is 16.3. The van der Waals surface area contributed by atoms with Gasteiger partial charge in [0.1, 0.15) is 0 Å². The fourth-order valence-corrected chi connectivity index (χ4v) is 8.42. The zero-order valence-corrected chi connectivity index (χ0v) is 39.9. The van der Waals surface area contributed by atoms with Crippen LogP contribution in [0, 0.1) is 0 Å². The second-order valence-corrected chi connectivity index (χ2v) is 18.5. The molecule has 5 heteroatoms. The number of aliphatic hydroxyl groups is 3. The molecule has 0 aliphatic carbocycles. The van der Waals surface area contributed by atoms with Gasteiger partial charge >= 0.3 is 0 Å². The van der Waals surface area contributed by atoms with Crippen LogP contribution in [-0.2, 0) is 4.79 Å². The predicted molar refractivity (Wildman–Crippen MR) is 259 cm³/mol. The molecule has 350 valence electrons. The lowest BCUT2D eigenvalue weighted by Crippen LogP contribution is -2.45. The van der Waals surface area contributed by atoms with Gasteiger partial charge in [-0.1, -0.05) is 276 Å². The molecule has 0 spiro atoms. The molecule has 3 unspecified atom stereocenters. The number of nitrogens with one attached hydrogen (secondary N) is 1. The smallest absolute Gasteiger partial charge is 0.222 e. The number of hydrogen-bond acceptors (Lipinski definition) is 4. The normalized spacial score (nSPS) is 13.5. The van der Waals surface area contributed by atoms with Crippen molar-refractivity contribution < 1.29 is 20.1 Å². The topological polar surface area (TPSA) is 89.8 Å². The van der Waals surface area contributed by atoms with Crippen molar-refractivity contribution in [1.29, 1.82) is 0 Å². The molecule has 0 saturated carbocycles. The first-order chi connectivity index (χ1) is 29.0. The third-order valence-corrected chi connectivity index (χ3v) is 12.5. The Morgan fingerprint density at radius 2 is 0.729 bits per heavy atom.